The van der Waals surface area contributed by atoms with Gasteiger partial charge in [0.1, 0.15) is 11.8 Å². The van der Waals surface area contributed by atoms with Gasteiger partial charge in [-0.25, -0.2) is 8.42 Å². The number of carbonyl (C=O) groups is 1. The van der Waals surface area contributed by atoms with Crippen LogP contribution in [0.5, 0.6) is 0 Å². The SMILES string of the molecule is CCC(C)S(=O)(=O)CC(=O)Nc1ccccc1C#N. The first-order chi connectivity index (χ1) is 8.90. The molecule has 1 aromatic carbocycles. The van der Waals surface area contributed by atoms with Gasteiger partial charge in [-0.2, -0.15) is 5.26 Å². The summed E-state index contributed by atoms with van der Waals surface area (Å²) >= 11 is 0. The van der Waals surface area contributed by atoms with Crippen LogP contribution in [0, 0.1) is 11.3 Å². The Bertz CT molecular complexity index is 603. The first kappa shape index (κ1) is 15.2. The van der Waals surface area contributed by atoms with E-state index in [2.05, 4.69) is 5.32 Å². The fourth-order valence-electron chi connectivity index (χ4n) is 1.45. The van der Waals surface area contributed by atoms with Gasteiger partial charge in [-0.3, -0.25) is 4.79 Å². The molecule has 0 aromatic heterocycles. The number of sulfone groups is 1. The third-order valence-electron chi connectivity index (χ3n) is 2.84. The topological polar surface area (TPSA) is 87.0 Å². The van der Waals surface area contributed by atoms with E-state index in [-0.39, 0.29) is 0 Å². The predicted molar refractivity (Wildman–Crippen MR) is 73.3 cm³/mol. The van der Waals surface area contributed by atoms with Crippen LogP contribution in [0.1, 0.15) is 25.8 Å². The second-order valence-electron chi connectivity index (χ2n) is 4.23. The van der Waals surface area contributed by atoms with E-state index < -0.39 is 26.7 Å². The molecule has 0 bridgehead atoms. The highest BCUT2D eigenvalue weighted by atomic mass is 32.2. The van der Waals surface area contributed by atoms with Gasteiger partial charge in [-0.15, -0.1) is 0 Å². The van der Waals surface area contributed by atoms with Crippen molar-refractivity contribution in [1.29, 1.82) is 5.26 Å². The molecule has 0 heterocycles. The number of hydrogen-bond acceptors (Lipinski definition) is 4. The zero-order valence-corrected chi connectivity index (χ0v) is 11.7. The van der Waals surface area contributed by atoms with Crippen LogP contribution >= 0.6 is 0 Å². The number of benzene rings is 1. The maximum atomic E-state index is 11.8. The van der Waals surface area contributed by atoms with Gasteiger partial charge in [0.2, 0.25) is 5.91 Å². The molecule has 0 aliphatic carbocycles. The van der Waals surface area contributed by atoms with Crippen LogP contribution in [-0.2, 0) is 14.6 Å². The Labute approximate surface area is 113 Å². The smallest absolute Gasteiger partial charge is 0.239 e. The van der Waals surface area contributed by atoms with Crippen LogP contribution in [0.15, 0.2) is 24.3 Å². The van der Waals surface area contributed by atoms with Crippen LogP contribution in [-0.4, -0.2) is 25.3 Å². The van der Waals surface area contributed by atoms with Gasteiger partial charge in [-0.1, -0.05) is 19.1 Å². The summed E-state index contributed by atoms with van der Waals surface area (Å²) < 4.78 is 23.6. The lowest BCUT2D eigenvalue weighted by molar-refractivity contribution is -0.113. The van der Waals surface area contributed by atoms with Crippen LogP contribution in [0.25, 0.3) is 0 Å². The number of rotatable bonds is 5. The summed E-state index contributed by atoms with van der Waals surface area (Å²) in [5.74, 6) is -1.19. The van der Waals surface area contributed by atoms with Crippen LogP contribution < -0.4 is 5.32 Å². The lowest BCUT2D eigenvalue weighted by Gasteiger charge is -2.11. The standard InChI is InChI=1S/C13H16N2O3S/c1-3-10(2)19(17,18)9-13(16)15-12-7-5-4-6-11(12)8-14/h4-7,10H,3,9H2,1-2H3,(H,15,16). The van der Waals surface area contributed by atoms with Crippen molar-refractivity contribution in [2.45, 2.75) is 25.5 Å². The number of nitrogens with zero attached hydrogens (tertiary/aromatic N) is 1. The molecule has 0 aliphatic rings. The average molecular weight is 280 g/mol. The molecule has 102 valence electrons. The molecule has 1 N–H and O–H groups in total. The van der Waals surface area contributed by atoms with E-state index >= 15 is 0 Å². The maximum absolute atomic E-state index is 11.8. The Morgan fingerprint density at radius 3 is 2.63 bits per heavy atom. The number of hydrogen-bond donors (Lipinski definition) is 1. The summed E-state index contributed by atoms with van der Waals surface area (Å²) in [7, 11) is -3.44. The quantitative estimate of drug-likeness (QED) is 0.889. The second-order valence-corrected chi connectivity index (χ2v) is 6.65. The van der Waals surface area contributed by atoms with E-state index in [4.69, 9.17) is 5.26 Å². The highest BCUT2D eigenvalue weighted by Crippen LogP contribution is 2.14. The first-order valence-electron chi connectivity index (χ1n) is 5.91. The molecule has 1 rings (SSSR count). The van der Waals surface area contributed by atoms with Crippen molar-refractivity contribution in [3.63, 3.8) is 0 Å². The van der Waals surface area contributed by atoms with Crippen molar-refractivity contribution in [2.24, 2.45) is 0 Å². The minimum absolute atomic E-state index is 0.303. The highest BCUT2D eigenvalue weighted by molar-refractivity contribution is 7.92. The molecular formula is C13H16N2O3S. The minimum Gasteiger partial charge on any atom is -0.324 e. The van der Waals surface area contributed by atoms with Gasteiger partial charge < -0.3 is 5.32 Å². The minimum atomic E-state index is -3.44. The number of para-hydroxylation sites is 1. The molecular weight excluding hydrogens is 264 g/mol. The van der Waals surface area contributed by atoms with E-state index in [1.54, 1.807) is 38.1 Å². The van der Waals surface area contributed by atoms with Crippen molar-refractivity contribution in [3.8, 4) is 6.07 Å². The summed E-state index contributed by atoms with van der Waals surface area (Å²) in [4.78, 5) is 11.7. The largest absolute Gasteiger partial charge is 0.324 e. The lowest BCUT2D eigenvalue weighted by Crippen LogP contribution is -2.29. The monoisotopic (exact) mass is 280 g/mol. The lowest BCUT2D eigenvalue weighted by atomic mass is 10.2. The molecule has 5 nitrogen and oxygen atoms in total. The van der Waals surface area contributed by atoms with Crippen molar-refractivity contribution in [2.75, 3.05) is 11.1 Å². The number of anilines is 1. The molecule has 1 atom stereocenters. The van der Waals surface area contributed by atoms with Gasteiger partial charge in [-0.05, 0) is 25.5 Å². The van der Waals surface area contributed by atoms with Crippen molar-refractivity contribution in [3.05, 3.63) is 29.8 Å². The summed E-state index contributed by atoms with van der Waals surface area (Å²) in [6.45, 7) is 3.33. The van der Waals surface area contributed by atoms with Crippen molar-refractivity contribution in [1.82, 2.24) is 0 Å². The molecule has 1 amide bonds. The Hall–Kier alpha value is -1.87. The molecule has 0 saturated carbocycles. The summed E-state index contributed by atoms with van der Waals surface area (Å²) in [6, 6.07) is 8.39. The van der Waals surface area contributed by atoms with Gasteiger partial charge in [0.05, 0.1) is 16.5 Å². The summed E-state index contributed by atoms with van der Waals surface area (Å²) in [5.41, 5.74) is 0.631. The third-order valence-corrected chi connectivity index (χ3v) is 5.07. The number of nitrogens with one attached hydrogen (secondary N) is 1. The second kappa shape index (κ2) is 6.34. The Morgan fingerprint density at radius 1 is 1.42 bits per heavy atom. The van der Waals surface area contributed by atoms with Gasteiger partial charge in [0, 0.05) is 0 Å². The maximum Gasteiger partial charge on any atom is 0.239 e. The molecule has 0 saturated heterocycles. The molecule has 0 fully saturated rings. The van der Waals surface area contributed by atoms with Crippen LogP contribution in [0.4, 0.5) is 5.69 Å². The number of amides is 1. The zero-order chi connectivity index (χ0) is 14.5. The Morgan fingerprint density at radius 2 is 2.05 bits per heavy atom. The molecule has 0 aliphatic heterocycles. The van der Waals surface area contributed by atoms with Gasteiger partial charge in [0.25, 0.3) is 0 Å². The Kier molecular flexibility index (Phi) is 5.07. The normalized spacial score (nSPS) is 12.5. The van der Waals surface area contributed by atoms with E-state index in [1.165, 1.54) is 0 Å². The van der Waals surface area contributed by atoms with Crippen LogP contribution in [0.2, 0.25) is 0 Å². The fraction of sp³-hybridized carbons (Fsp3) is 0.385. The van der Waals surface area contributed by atoms with Gasteiger partial charge >= 0.3 is 0 Å². The van der Waals surface area contributed by atoms with E-state index in [0.717, 1.165) is 0 Å². The predicted octanol–water partition coefficient (Wildman–Crippen LogP) is 1.71. The Balaban J connectivity index is 2.80. The van der Waals surface area contributed by atoms with E-state index in [0.29, 0.717) is 17.7 Å². The third kappa shape index (κ3) is 4.07. The number of nitriles is 1. The number of carbonyl (C=O) groups excluding carboxylic acids is 1. The van der Waals surface area contributed by atoms with Crippen molar-refractivity contribution < 1.29 is 13.2 Å². The van der Waals surface area contributed by atoms with E-state index in [1.807, 2.05) is 6.07 Å². The highest BCUT2D eigenvalue weighted by Gasteiger charge is 2.23. The molecule has 0 radical (unpaired) electrons. The first-order valence-corrected chi connectivity index (χ1v) is 7.62. The zero-order valence-electron chi connectivity index (χ0n) is 10.9. The molecule has 19 heavy (non-hydrogen) atoms. The van der Waals surface area contributed by atoms with Crippen molar-refractivity contribution >= 4 is 21.4 Å². The average Bonchev–Trinajstić information content (AvgIpc) is 2.37. The summed E-state index contributed by atoms with van der Waals surface area (Å²) in [6.07, 6.45) is 0.463. The molecule has 1 unspecified atom stereocenters. The molecule has 0 spiro atoms. The fourth-order valence-corrected chi connectivity index (χ4v) is 2.68. The molecule has 6 heteroatoms. The van der Waals surface area contributed by atoms with E-state index in [9.17, 15) is 13.2 Å². The summed E-state index contributed by atoms with van der Waals surface area (Å²) in [5, 5.41) is 10.8. The van der Waals surface area contributed by atoms with Gasteiger partial charge in [0.15, 0.2) is 9.84 Å². The molecule has 1 aromatic rings. The van der Waals surface area contributed by atoms with Crippen LogP contribution in [0.3, 0.4) is 0 Å².